The van der Waals surface area contributed by atoms with E-state index in [-0.39, 0.29) is 59.4 Å². The first-order valence-corrected chi connectivity index (χ1v) is 10.3. The molecule has 0 spiro atoms. The smallest absolute Gasteiger partial charge is 0.240 e. The van der Waals surface area contributed by atoms with E-state index in [1.807, 2.05) is 12.1 Å². The molecule has 1 aliphatic heterocycles. The molecule has 5 atom stereocenters. The van der Waals surface area contributed by atoms with Gasteiger partial charge in [0.15, 0.2) is 0 Å². The van der Waals surface area contributed by atoms with Crippen LogP contribution in [0.25, 0.3) is 0 Å². The van der Waals surface area contributed by atoms with Crippen molar-refractivity contribution in [2.24, 2.45) is 23.7 Å². The van der Waals surface area contributed by atoms with Gasteiger partial charge in [0.1, 0.15) is 6.54 Å². The largest absolute Gasteiger partial charge is 0.348 e. The van der Waals surface area contributed by atoms with Crippen LogP contribution >= 0.6 is 0 Å². The minimum absolute atomic E-state index is 0.0677. The molecule has 0 aromatic heterocycles. The van der Waals surface area contributed by atoms with Gasteiger partial charge in [0.2, 0.25) is 17.7 Å². The van der Waals surface area contributed by atoms with Crippen LogP contribution in [0.3, 0.4) is 0 Å². The Balaban J connectivity index is 1.30. The third kappa shape index (κ3) is 2.48. The number of fused-ring (bicyclic) bond motifs is 6. The molecule has 1 aromatic rings. The van der Waals surface area contributed by atoms with Crippen LogP contribution in [0.5, 0.6) is 0 Å². The van der Waals surface area contributed by atoms with Gasteiger partial charge in [-0.25, -0.2) is 0 Å². The molecule has 1 N–H and O–H groups in total. The predicted octanol–water partition coefficient (Wildman–Crippen LogP) is 2.72. The summed E-state index contributed by atoms with van der Waals surface area (Å²) in [6, 6.07) is 8.16. The zero-order chi connectivity index (χ0) is 19.6. The molecule has 5 rings (SSSR count). The minimum Gasteiger partial charge on any atom is -0.348 e. The second-order valence-electron chi connectivity index (χ2n) is 9.39. The first kappa shape index (κ1) is 17.7. The lowest BCUT2D eigenvalue weighted by molar-refractivity contribution is -0.144. The lowest BCUT2D eigenvalue weighted by Crippen LogP contribution is -2.44. The fraction of sp³-hybridized carbons (Fsp3) is 0.522. The lowest BCUT2D eigenvalue weighted by Gasteiger charge is -2.37. The standard InChI is InChI=1S/C23H26N2O3/c1-23(2)10-9-17(15-5-3-4-6-16(15)23)24-18(26)12-25-21(27)19-13-7-8-14(11-13)20(19)22(25)28/h3-8,13-14,17,19-20H,9-12H2,1-2H3,(H,24,26). The molecule has 28 heavy (non-hydrogen) atoms. The van der Waals surface area contributed by atoms with E-state index in [9.17, 15) is 14.4 Å². The molecular weight excluding hydrogens is 352 g/mol. The average Bonchev–Trinajstić information content (AvgIpc) is 3.34. The maximum Gasteiger partial charge on any atom is 0.240 e. The maximum atomic E-state index is 12.8. The van der Waals surface area contributed by atoms with E-state index in [0.717, 1.165) is 24.8 Å². The van der Waals surface area contributed by atoms with Crippen molar-refractivity contribution in [3.8, 4) is 0 Å². The van der Waals surface area contributed by atoms with Gasteiger partial charge in [-0.1, -0.05) is 50.3 Å². The Kier molecular flexibility index (Phi) is 3.80. The van der Waals surface area contributed by atoms with Gasteiger partial charge in [0, 0.05) is 0 Å². The third-order valence-electron chi connectivity index (χ3n) is 7.32. The molecule has 4 aliphatic rings. The zero-order valence-electron chi connectivity index (χ0n) is 16.4. The van der Waals surface area contributed by atoms with E-state index < -0.39 is 0 Å². The highest BCUT2D eigenvalue weighted by Crippen LogP contribution is 2.52. The number of likely N-dealkylation sites (tertiary alicyclic amines) is 1. The summed E-state index contributed by atoms with van der Waals surface area (Å²) >= 11 is 0. The maximum absolute atomic E-state index is 12.8. The third-order valence-corrected chi connectivity index (χ3v) is 7.32. The Labute approximate surface area is 165 Å². The summed E-state index contributed by atoms with van der Waals surface area (Å²) in [4.78, 5) is 39.5. The molecule has 146 valence electrons. The van der Waals surface area contributed by atoms with Gasteiger partial charge in [0.25, 0.3) is 0 Å². The van der Waals surface area contributed by atoms with Gasteiger partial charge < -0.3 is 5.32 Å². The van der Waals surface area contributed by atoms with Gasteiger partial charge in [-0.15, -0.1) is 0 Å². The van der Waals surface area contributed by atoms with Gasteiger partial charge in [0.05, 0.1) is 17.9 Å². The van der Waals surface area contributed by atoms with Crippen LogP contribution in [0.15, 0.2) is 36.4 Å². The number of carbonyl (C=O) groups is 3. The van der Waals surface area contributed by atoms with Crippen molar-refractivity contribution in [3.63, 3.8) is 0 Å². The summed E-state index contributed by atoms with van der Waals surface area (Å²) in [5.41, 5.74) is 2.49. The van der Waals surface area contributed by atoms with Crippen LogP contribution in [0.1, 0.15) is 50.3 Å². The number of allylic oxidation sites excluding steroid dienone is 2. The minimum atomic E-state index is -0.249. The van der Waals surface area contributed by atoms with Gasteiger partial charge >= 0.3 is 0 Å². The number of hydrogen-bond acceptors (Lipinski definition) is 3. The van der Waals surface area contributed by atoms with Crippen LogP contribution in [0, 0.1) is 23.7 Å². The molecule has 5 heteroatoms. The number of benzene rings is 1. The van der Waals surface area contributed by atoms with E-state index >= 15 is 0 Å². The molecule has 2 bridgehead atoms. The number of rotatable bonds is 3. The number of carbonyl (C=O) groups excluding carboxylic acids is 3. The van der Waals surface area contributed by atoms with Crippen LogP contribution in [0.4, 0.5) is 0 Å². The number of hydrogen-bond donors (Lipinski definition) is 1. The Hall–Kier alpha value is -2.43. The molecule has 5 nitrogen and oxygen atoms in total. The van der Waals surface area contributed by atoms with Crippen molar-refractivity contribution in [3.05, 3.63) is 47.5 Å². The summed E-state index contributed by atoms with van der Waals surface area (Å²) in [6.07, 6.45) is 6.89. The first-order chi connectivity index (χ1) is 13.4. The summed E-state index contributed by atoms with van der Waals surface area (Å²) in [5, 5.41) is 3.08. The van der Waals surface area contributed by atoms with Gasteiger partial charge in [-0.2, -0.15) is 0 Å². The van der Waals surface area contributed by atoms with E-state index in [2.05, 4.69) is 43.4 Å². The summed E-state index contributed by atoms with van der Waals surface area (Å²) in [7, 11) is 0. The molecule has 2 fully saturated rings. The quantitative estimate of drug-likeness (QED) is 0.650. The van der Waals surface area contributed by atoms with Gasteiger partial charge in [-0.3, -0.25) is 19.3 Å². The molecule has 3 amide bonds. The molecule has 5 unspecified atom stereocenters. The second kappa shape index (κ2) is 6.03. The highest BCUT2D eigenvalue weighted by atomic mass is 16.2. The first-order valence-electron chi connectivity index (χ1n) is 10.3. The van der Waals surface area contributed by atoms with Crippen molar-refractivity contribution >= 4 is 17.7 Å². The van der Waals surface area contributed by atoms with Crippen LogP contribution in [-0.4, -0.2) is 29.2 Å². The van der Waals surface area contributed by atoms with E-state index in [0.29, 0.717) is 0 Å². The van der Waals surface area contributed by atoms with Crippen LogP contribution < -0.4 is 5.32 Å². The summed E-state index contributed by atoms with van der Waals surface area (Å²) in [5.74, 6) is -0.710. The highest BCUT2D eigenvalue weighted by molar-refractivity contribution is 6.08. The van der Waals surface area contributed by atoms with Gasteiger partial charge in [-0.05, 0) is 47.6 Å². The zero-order valence-corrected chi connectivity index (χ0v) is 16.4. The predicted molar refractivity (Wildman–Crippen MR) is 104 cm³/mol. The van der Waals surface area contributed by atoms with Crippen LogP contribution in [-0.2, 0) is 19.8 Å². The monoisotopic (exact) mass is 378 g/mol. The Morgan fingerprint density at radius 3 is 2.43 bits per heavy atom. The topological polar surface area (TPSA) is 66.5 Å². The number of nitrogens with zero attached hydrogens (tertiary/aromatic N) is 1. The number of nitrogens with one attached hydrogen (secondary N) is 1. The molecule has 1 saturated heterocycles. The Bertz CT molecular complexity index is 873. The van der Waals surface area contributed by atoms with Crippen molar-refractivity contribution in [2.75, 3.05) is 6.54 Å². The molecular formula is C23H26N2O3. The molecule has 0 radical (unpaired) electrons. The lowest BCUT2D eigenvalue weighted by atomic mass is 9.71. The molecule has 1 aromatic carbocycles. The van der Waals surface area contributed by atoms with Crippen molar-refractivity contribution < 1.29 is 14.4 Å². The van der Waals surface area contributed by atoms with Crippen molar-refractivity contribution in [1.82, 2.24) is 10.2 Å². The fourth-order valence-electron chi connectivity index (χ4n) is 5.87. The Morgan fingerprint density at radius 2 is 1.75 bits per heavy atom. The molecule has 1 heterocycles. The second-order valence-corrected chi connectivity index (χ2v) is 9.39. The summed E-state index contributed by atoms with van der Waals surface area (Å²) < 4.78 is 0. The van der Waals surface area contributed by atoms with Crippen LogP contribution in [0.2, 0.25) is 0 Å². The van der Waals surface area contributed by atoms with E-state index in [1.165, 1.54) is 10.5 Å². The SMILES string of the molecule is CC1(C)CCC(NC(=O)CN2C(=O)C3C4C=CC(C4)C3C2=O)c2ccccc21. The number of amides is 3. The van der Waals surface area contributed by atoms with Crippen molar-refractivity contribution in [1.29, 1.82) is 0 Å². The normalized spacial score (nSPS) is 34.5. The van der Waals surface area contributed by atoms with Crippen molar-refractivity contribution in [2.45, 2.75) is 44.6 Å². The van der Waals surface area contributed by atoms with E-state index in [4.69, 9.17) is 0 Å². The Morgan fingerprint density at radius 1 is 1.11 bits per heavy atom. The number of imide groups is 1. The fourth-order valence-corrected chi connectivity index (χ4v) is 5.87. The summed E-state index contributed by atoms with van der Waals surface area (Å²) in [6.45, 7) is 4.30. The average molecular weight is 378 g/mol. The molecule has 1 saturated carbocycles. The molecule has 3 aliphatic carbocycles. The van der Waals surface area contributed by atoms with E-state index in [1.54, 1.807) is 0 Å². The highest BCUT2D eigenvalue weighted by Gasteiger charge is 2.59.